The maximum Gasteiger partial charge on any atom is 0.586 e. The number of alkyl halides is 2. The van der Waals surface area contributed by atoms with Gasteiger partial charge in [-0.2, -0.15) is 0 Å². The maximum absolute atomic E-state index is 12.9. The van der Waals surface area contributed by atoms with Crippen molar-refractivity contribution >= 4 is 5.97 Å². The molecule has 0 fully saturated rings. The lowest BCUT2D eigenvalue weighted by atomic mass is 10.1. The molecule has 17 heavy (non-hydrogen) atoms. The van der Waals surface area contributed by atoms with E-state index in [1.165, 1.54) is 18.2 Å². The molecule has 1 aliphatic heterocycles. The van der Waals surface area contributed by atoms with Gasteiger partial charge in [0.25, 0.3) is 0 Å². The normalized spacial score (nSPS) is 17.6. The summed E-state index contributed by atoms with van der Waals surface area (Å²) in [5, 5.41) is 0. The minimum absolute atomic E-state index is 0.0894. The fourth-order valence-electron chi connectivity index (χ4n) is 1.49. The second-order valence-corrected chi connectivity index (χ2v) is 3.34. The predicted octanol–water partition coefficient (Wildman–Crippen LogP) is 1.18. The van der Waals surface area contributed by atoms with Gasteiger partial charge in [0, 0.05) is 5.56 Å². The first-order valence-electron chi connectivity index (χ1n) is 4.67. The van der Waals surface area contributed by atoms with Crippen molar-refractivity contribution in [3.8, 4) is 11.5 Å². The summed E-state index contributed by atoms with van der Waals surface area (Å²) in [7, 11) is 1.15. The van der Waals surface area contributed by atoms with Crippen molar-refractivity contribution in [2.24, 2.45) is 5.73 Å². The van der Waals surface area contributed by atoms with Gasteiger partial charge in [0.1, 0.15) is 6.04 Å². The van der Waals surface area contributed by atoms with Crippen LogP contribution in [0.1, 0.15) is 11.6 Å². The quantitative estimate of drug-likeness (QED) is 0.792. The minimum atomic E-state index is -3.74. The molecule has 2 N–H and O–H groups in total. The molecule has 92 valence electrons. The van der Waals surface area contributed by atoms with E-state index in [1.54, 1.807) is 0 Å². The second kappa shape index (κ2) is 3.85. The van der Waals surface area contributed by atoms with Crippen LogP contribution in [0.5, 0.6) is 11.5 Å². The molecule has 1 aliphatic rings. The average molecular weight is 245 g/mol. The maximum atomic E-state index is 12.9. The van der Waals surface area contributed by atoms with Crippen molar-refractivity contribution in [1.82, 2.24) is 0 Å². The summed E-state index contributed by atoms with van der Waals surface area (Å²) in [5.74, 6) is -1.15. The molecular formula is C10H9F2NO4. The van der Waals surface area contributed by atoms with Crippen molar-refractivity contribution in [1.29, 1.82) is 0 Å². The zero-order chi connectivity index (χ0) is 12.6. The number of hydrogen-bond acceptors (Lipinski definition) is 5. The number of carbonyl (C=O) groups is 1. The summed E-state index contributed by atoms with van der Waals surface area (Å²) in [6.07, 6.45) is -3.74. The molecule has 2 rings (SSSR count). The lowest BCUT2D eigenvalue weighted by Gasteiger charge is -2.11. The third-order valence-electron chi connectivity index (χ3n) is 2.25. The number of rotatable bonds is 2. The molecule has 0 bridgehead atoms. The molecule has 7 heteroatoms. The van der Waals surface area contributed by atoms with Gasteiger partial charge in [-0.05, 0) is 6.07 Å². The van der Waals surface area contributed by atoms with Crippen LogP contribution >= 0.6 is 0 Å². The Morgan fingerprint density at radius 1 is 1.47 bits per heavy atom. The number of esters is 1. The Balaban J connectivity index is 2.39. The molecular weight excluding hydrogens is 236 g/mol. The van der Waals surface area contributed by atoms with E-state index < -0.39 is 18.3 Å². The van der Waals surface area contributed by atoms with Gasteiger partial charge in [-0.3, -0.25) is 4.79 Å². The number of nitrogens with two attached hydrogens (primary N) is 1. The number of hydrogen-bond donors (Lipinski definition) is 1. The van der Waals surface area contributed by atoms with E-state index in [-0.39, 0.29) is 17.1 Å². The lowest BCUT2D eigenvalue weighted by molar-refractivity contribution is -0.287. The van der Waals surface area contributed by atoms with E-state index in [1.807, 2.05) is 0 Å². The molecule has 0 aliphatic carbocycles. The van der Waals surface area contributed by atoms with Crippen LogP contribution in [-0.2, 0) is 9.53 Å². The summed E-state index contributed by atoms with van der Waals surface area (Å²) in [6, 6.07) is 2.92. The number of para-hydroxylation sites is 1. The van der Waals surface area contributed by atoms with Gasteiger partial charge >= 0.3 is 12.3 Å². The van der Waals surface area contributed by atoms with E-state index in [2.05, 4.69) is 14.2 Å². The van der Waals surface area contributed by atoms with Gasteiger partial charge in [0.05, 0.1) is 7.11 Å². The third kappa shape index (κ3) is 2.01. The van der Waals surface area contributed by atoms with Crippen molar-refractivity contribution in [2.75, 3.05) is 7.11 Å². The Labute approximate surface area is 95.1 Å². The molecule has 0 saturated carbocycles. The summed E-state index contributed by atoms with van der Waals surface area (Å²) in [6.45, 7) is 0. The number of benzene rings is 1. The highest BCUT2D eigenvalue weighted by atomic mass is 19.3. The molecule has 0 aromatic heterocycles. The van der Waals surface area contributed by atoms with Crippen LogP contribution in [0.3, 0.4) is 0 Å². The first-order chi connectivity index (χ1) is 7.94. The summed E-state index contributed by atoms with van der Waals surface area (Å²) < 4.78 is 38.7. The van der Waals surface area contributed by atoms with Crippen LogP contribution < -0.4 is 15.2 Å². The highest BCUT2D eigenvalue weighted by Crippen LogP contribution is 2.44. The summed E-state index contributed by atoms with van der Waals surface area (Å²) in [5.41, 5.74) is 5.65. The first kappa shape index (κ1) is 11.6. The van der Waals surface area contributed by atoms with Gasteiger partial charge in [-0.25, -0.2) is 0 Å². The summed E-state index contributed by atoms with van der Waals surface area (Å²) >= 11 is 0. The van der Waals surface area contributed by atoms with Gasteiger partial charge in [0.15, 0.2) is 11.5 Å². The zero-order valence-electron chi connectivity index (χ0n) is 8.78. The Morgan fingerprint density at radius 3 is 2.82 bits per heavy atom. The molecule has 1 aromatic carbocycles. The van der Waals surface area contributed by atoms with Gasteiger partial charge in [-0.15, -0.1) is 8.78 Å². The van der Waals surface area contributed by atoms with Crippen LogP contribution in [0.25, 0.3) is 0 Å². The molecule has 0 amide bonds. The van der Waals surface area contributed by atoms with Crippen LogP contribution in [0.2, 0.25) is 0 Å². The molecule has 0 unspecified atom stereocenters. The van der Waals surface area contributed by atoms with E-state index in [9.17, 15) is 13.6 Å². The zero-order valence-corrected chi connectivity index (χ0v) is 8.78. The van der Waals surface area contributed by atoms with Crippen molar-refractivity contribution in [3.05, 3.63) is 23.8 Å². The van der Waals surface area contributed by atoms with E-state index in [0.717, 1.165) is 7.11 Å². The Hall–Kier alpha value is -1.89. The molecule has 0 spiro atoms. The van der Waals surface area contributed by atoms with Gasteiger partial charge < -0.3 is 19.9 Å². The molecule has 1 aromatic rings. The van der Waals surface area contributed by atoms with Gasteiger partial charge in [-0.1, -0.05) is 12.1 Å². The van der Waals surface area contributed by atoms with Gasteiger partial charge in [0.2, 0.25) is 0 Å². The number of carbonyl (C=O) groups excluding carboxylic acids is 1. The highest BCUT2D eigenvalue weighted by molar-refractivity contribution is 5.79. The van der Waals surface area contributed by atoms with Crippen LogP contribution in [0.15, 0.2) is 18.2 Å². The number of halogens is 2. The molecule has 0 radical (unpaired) electrons. The number of ether oxygens (including phenoxy) is 3. The van der Waals surface area contributed by atoms with Crippen LogP contribution in [0, 0.1) is 0 Å². The van der Waals surface area contributed by atoms with Crippen molar-refractivity contribution in [2.45, 2.75) is 12.3 Å². The Kier molecular flexibility index (Phi) is 2.62. The van der Waals surface area contributed by atoms with E-state index >= 15 is 0 Å². The smallest absolute Gasteiger partial charge is 0.468 e. The fourth-order valence-corrected chi connectivity index (χ4v) is 1.49. The molecule has 1 heterocycles. The molecule has 1 atom stereocenters. The molecule has 5 nitrogen and oxygen atoms in total. The predicted molar refractivity (Wildman–Crippen MR) is 51.6 cm³/mol. The second-order valence-electron chi connectivity index (χ2n) is 3.34. The highest BCUT2D eigenvalue weighted by Gasteiger charge is 2.45. The third-order valence-corrected chi connectivity index (χ3v) is 2.25. The average Bonchev–Trinajstić information content (AvgIpc) is 2.60. The van der Waals surface area contributed by atoms with Crippen molar-refractivity contribution in [3.63, 3.8) is 0 Å². The van der Waals surface area contributed by atoms with Crippen molar-refractivity contribution < 1.29 is 27.8 Å². The summed E-state index contributed by atoms with van der Waals surface area (Å²) in [4.78, 5) is 11.2. The fraction of sp³-hybridized carbons (Fsp3) is 0.300. The topological polar surface area (TPSA) is 70.8 Å². The number of fused-ring (bicyclic) bond motifs is 1. The van der Waals surface area contributed by atoms with Crippen LogP contribution in [0.4, 0.5) is 8.78 Å². The Bertz CT molecular complexity index is 464. The largest absolute Gasteiger partial charge is 0.586 e. The SMILES string of the molecule is COC(=O)[C@@H](N)c1cccc2c1OC(F)(F)O2. The van der Waals surface area contributed by atoms with E-state index in [4.69, 9.17) is 5.73 Å². The standard InChI is InChI=1S/C10H9F2NO4/c1-15-9(14)7(13)5-3-2-4-6-8(5)17-10(11,12)16-6/h2-4,7H,13H2,1H3/t7-/m0/s1. The number of methoxy groups -OCH3 is 1. The lowest BCUT2D eigenvalue weighted by Crippen LogP contribution is -2.27. The Morgan fingerprint density at radius 2 is 2.18 bits per heavy atom. The van der Waals surface area contributed by atoms with E-state index in [0.29, 0.717) is 0 Å². The molecule has 0 saturated heterocycles. The monoisotopic (exact) mass is 245 g/mol. The first-order valence-corrected chi connectivity index (χ1v) is 4.67. The minimum Gasteiger partial charge on any atom is -0.468 e. The van der Waals surface area contributed by atoms with Crippen LogP contribution in [-0.4, -0.2) is 19.4 Å².